The molecule has 0 radical (unpaired) electrons. The van der Waals surface area contributed by atoms with Gasteiger partial charge in [-0.05, 0) is 24.3 Å². The number of carbonyl (C=O) groups excluding carboxylic acids is 1. The number of amides is 1. The Bertz CT molecular complexity index is 671. The van der Waals surface area contributed by atoms with E-state index in [1.54, 1.807) is 37.4 Å². The molecule has 0 aliphatic carbocycles. The molecule has 0 saturated heterocycles. The van der Waals surface area contributed by atoms with E-state index in [-0.39, 0.29) is 18.2 Å². The molecule has 1 amide bonds. The molecule has 6 heteroatoms. The van der Waals surface area contributed by atoms with E-state index in [9.17, 15) is 9.90 Å². The average Bonchev–Trinajstić information content (AvgIpc) is 2.55. The topological polar surface area (TPSA) is 83.0 Å². The second kappa shape index (κ2) is 7.68. The van der Waals surface area contributed by atoms with E-state index < -0.39 is 0 Å². The highest BCUT2D eigenvalue weighted by molar-refractivity contribution is 5.86. The minimum atomic E-state index is -0.308. The van der Waals surface area contributed by atoms with Gasteiger partial charge in [-0.25, -0.2) is 5.43 Å². The Kier molecular flexibility index (Phi) is 5.37. The predicted octanol–water partition coefficient (Wildman–Crippen LogP) is 1.96. The standard InChI is InChI=1S/C16H17N3O3/c1-22-15-9-5-3-7-13(15)17-11-16(21)19-18-10-12-6-2-4-8-14(12)20/h2-10,17,20H,11H2,1H3,(H,19,21)/b18-10+. The van der Waals surface area contributed by atoms with Crippen LogP contribution in [0.25, 0.3) is 0 Å². The number of rotatable bonds is 6. The summed E-state index contributed by atoms with van der Waals surface area (Å²) < 4.78 is 5.18. The van der Waals surface area contributed by atoms with Crippen molar-refractivity contribution in [1.82, 2.24) is 5.43 Å². The Balaban J connectivity index is 1.85. The summed E-state index contributed by atoms with van der Waals surface area (Å²) >= 11 is 0. The van der Waals surface area contributed by atoms with Gasteiger partial charge in [0.1, 0.15) is 11.5 Å². The van der Waals surface area contributed by atoms with Gasteiger partial charge in [0.05, 0.1) is 25.6 Å². The molecule has 0 spiro atoms. The van der Waals surface area contributed by atoms with E-state index in [1.807, 2.05) is 18.2 Å². The Labute approximate surface area is 128 Å². The van der Waals surface area contributed by atoms with Crippen LogP contribution in [0.3, 0.4) is 0 Å². The van der Waals surface area contributed by atoms with Crippen LogP contribution >= 0.6 is 0 Å². The van der Waals surface area contributed by atoms with Gasteiger partial charge in [-0.15, -0.1) is 0 Å². The van der Waals surface area contributed by atoms with Crippen LogP contribution in [0.2, 0.25) is 0 Å². The molecule has 2 rings (SSSR count). The number of hydrazone groups is 1. The number of para-hydroxylation sites is 3. The number of phenolic OH excluding ortho intramolecular Hbond substituents is 1. The summed E-state index contributed by atoms with van der Waals surface area (Å²) in [5.41, 5.74) is 3.64. The maximum absolute atomic E-state index is 11.7. The van der Waals surface area contributed by atoms with Crippen molar-refractivity contribution >= 4 is 17.8 Å². The van der Waals surface area contributed by atoms with Gasteiger partial charge in [0.2, 0.25) is 0 Å². The highest BCUT2D eigenvalue weighted by Crippen LogP contribution is 2.22. The molecule has 0 aromatic heterocycles. The van der Waals surface area contributed by atoms with Gasteiger partial charge in [0.15, 0.2) is 0 Å². The minimum Gasteiger partial charge on any atom is -0.507 e. The molecule has 6 nitrogen and oxygen atoms in total. The Hall–Kier alpha value is -3.02. The van der Waals surface area contributed by atoms with E-state index in [0.29, 0.717) is 11.3 Å². The third-order valence-corrected chi connectivity index (χ3v) is 2.88. The summed E-state index contributed by atoms with van der Waals surface area (Å²) in [5.74, 6) is 0.457. The van der Waals surface area contributed by atoms with Gasteiger partial charge >= 0.3 is 0 Å². The normalized spacial score (nSPS) is 10.4. The fourth-order valence-electron chi connectivity index (χ4n) is 1.78. The van der Waals surface area contributed by atoms with Crippen molar-refractivity contribution in [3.05, 3.63) is 54.1 Å². The minimum absolute atomic E-state index is 0.0541. The largest absolute Gasteiger partial charge is 0.507 e. The highest BCUT2D eigenvalue weighted by Gasteiger charge is 2.04. The average molecular weight is 299 g/mol. The van der Waals surface area contributed by atoms with Crippen LogP contribution in [0.1, 0.15) is 5.56 Å². The number of hydrogen-bond acceptors (Lipinski definition) is 5. The summed E-state index contributed by atoms with van der Waals surface area (Å²) in [4.78, 5) is 11.7. The van der Waals surface area contributed by atoms with E-state index >= 15 is 0 Å². The number of phenols is 1. The third-order valence-electron chi connectivity index (χ3n) is 2.88. The number of carbonyl (C=O) groups is 1. The lowest BCUT2D eigenvalue weighted by Gasteiger charge is -2.09. The van der Waals surface area contributed by atoms with E-state index in [0.717, 1.165) is 5.69 Å². The third kappa shape index (κ3) is 4.24. The molecule has 0 aliphatic heterocycles. The molecular formula is C16H17N3O3. The Morgan fingerprint density at radius 1 is 1.23 bits per heavy atom. The first-order chi connectivity index (χ1) is 10.7. The highest BCUT2D eigenvalue weighted by atomic mass is 16.5. The van der Waals surface area contributed by atoms with Crippen LogP contribution in [0.4, 0.5) is 5.69 Å². The fourth-order valence-corrected chi connectivity index (χ4v) is 1.78. The zero-order valence-corrected chi connectivity index (χ0v) is 12.1. The van der Waals surface area contributed by atoms with E-state index in [4.69, 9.17) is 4.74 Å². The van der Waals surface area contributed by atoms with Crippen LogP contribution in [0, 0.1) is 0 Å². The summed E-state index contributed by atoms with van der Waals surface area (Å²) in [6.07, 6.45) is 1.39. The van der Waals surface area contributed by atoms with Gasteiger partial charge in [0, 0.05) is 5.56 Å². The van der Waals surface area contributed by atoms with Crippen LogP contribution < -0.4 is 15.5 Å². The van der Waals surface area contributed by atoms with Gasteiger partial charge in [-0.1, -0.05) is 24.3 Å². The van der Waals surface area contributed by atoms with E-state index in [2.05, 4.69) is 15.8 Å². The van der Waals surface area contributed by atoms with Crippen molar-refractivity contribution in [2.75, 3.05) is 19.0 Å². The quantitative estimate of drug-likeness (QED) is 0.562. The number of ether oxygens (including phenoxy) is 1. The zero-order valence-electron chi connectivity index (χ0n) is 12.1. The molecule has 22 heavy (non-hydrogen) atoms. The maximum Gasteiger partial charge on any atom is 0.259 e. The molecule has 2 aromatic rings. The summed E-state index contributed by atoms with van der Waals surface area (Å²) in [7, 11) is 1.57. The molecule has 0 bridgehead atoms. The summed E-state index contributed by atoms with van der Waals surface area (Å²) in [6, 6.07) is 14.0. The SMILES string of the molecule is COc1ccccc1NCC(=O)N/N=C/c1ccccc1O. The van der Waals surface area contributed by atoms with Crippen LogP contribution in [0.15, 0.2) is 53.6 Å². The number of nitrogens with one attached hydrogen (secondary N) is 2. The molecule has 0 saturated carbocycles. The van der Waals surface area contributed by atoms with Crippen molar-refractivity contribution in [1.29, 1.82) is 0 Å². The number of hydrogen-bond donors (Lipinski definition) is 3. The van der Waals surface area contributed by atoms with Crippen LogP contribution in [-0.2, 0) is 4.79 Å². The number of nitrogens with zero attached hydrogens (tertiary/aromatic N) is 1. The van der Waals surface area contributed by atoms with Crippen LogP contribution in [0.5, 0.6) is 11.5 Å². The first-order valence-electron chi connectivity index (χ1n) is 6.67. The number of benzene rings is 2. The molecule has 0 fully saturated rings. The molecule has 3 N–H and O–H groups in total. The molecule has 114 valence electrons. The van der Waals surface area contributed by atoms with Gasteiger partial charge in [0.25, 0.3) is 5.91 Å². The van der Waals surface area contributed by atoms with Gasteiger partial charge in [-0.3, -0.25) is 4.79 Å². The second-order valence-corrected chi connectivity index (χ2v) is 4.41. The molecule has 2 aromatic carbocycles. The fraction of sp³-hybridized carbons (Fsp3) is 0.125. The Morgan fingerprint density at radius 3 is 2.73 bits per heavy atom. The first kappa shape index (κ1) is 15.4. The number of methoxy groups -OCH3 is 1. The lowest BCUT2D eigenvalue weighted by atomic mass is 10.2. The molecule has 0 unspecified atom stereocenters. The maximum atomic E-state index is 11.7. The number of anilines is 1. The lowest BCUT2D eigenvalue weighted by Crippen LogP contribution is -2.26. The lowest BCUT2D eigenvalue weighted by molar-refractivity contribution is -0.119. The first-order valence-corrected chi connectivity index (χ1v) is 6.67. The van der Waals surface area contributed by atoms with Crippen molar-refractivity contribution < 1.29 is 14.6 Å². The zero-order chi connectivity index (χ0) is 15.8. The van der Waals surface area contributed by atoms with Crippen LogP contribution in [-0.4, -0.2) is 30.9 Å². The summed E-state index contributed by atoms with van der Waals surface area (Å²) in [6.45, 7) is 0.0541. The molecule has 0 heterocycles. The molecule has 0 aliphatic rings. The van der Waals surface area contributed by atoms with Crippen molar-refractivity contribution in [3.8, 4) is 11.5 Å². The number of aromatic hydroxyl groups is 1. The molecular weight excluding hydrogens is 282 g/mol. The molecule has 0 atom stereocenters. The van der Waals surface area contributed by atoms with E-state index in [1.165, 1.54) is 6.21 Å². The second-order valence-electron chi connectivity index (χ2n) is 4.41. The van der Waals surface area contributed by atoms with Gasteiger partial charge < -0.3 is 15.2 Å². The predicted molar refractivity (Wildman–Crippen MR) is 85.3 cm³/mol. The van der Waals surface area contributed by atoms with Gasteiger partial charge in [-0.2, -0.15) is 5.10 Å². The monoisotopic (exact) mass is 299 g/mol. The van der Waals surface area contributed by atoms with Crippen molar-refractivity contribution in [2.45, 2.75) is 0 Å². The van der Waals surface area contributed by atoms with Crippen molar-refractivity contribution in [2.24, 2.45) is 5.10 Å². The Morgan fingerprint density at radius 2 is 1.95 bits per heavy atom. The smallest absolute Gasteiger partial charge is 0.259 e. The summed E-state index contributed by atoms with van der Waals surface area (Å²) in [5, 5.41) is 16.3. The van der Waals surface area contributed by atoms with Crippen molar-refractivity contribution in [3.63, 3.8) is 0 Å².